The smallest absolute Gasteiger partial charge is 0.312 e. The van der Waals surface area contributed by atoms with Gasteiger partial charge in [0.15, 0.2) is 0 Å². The lowest BCUT2D eigenvalue weighted by molar-refractivity contribution is -0.156. The molecule has 3 aliphatic heterocycles. The van der Waals surface area contributed by atoms with E-state index in [9.17, 15) is 19.5 Å². The second-order valence-corrected chi connectivity index (χ2v) is 8.51. The average molecular weight is 423 g/mol. The number of rotatable bonds is 10. The molecule has 30 heavy (non-hydrogen) atoms. The van der Waals surface area contributed by atoms with Gasteiger partial charge < -0.3 is 24.4 Å². The fourth-order valence-electron chi connectivity index (χ4n) is 5.41. The van der Waals surface area contributed by atoms with Gasteiger partial charge in [-0.25, -0.2) is 0 Å². The van der Waals surface area contributed by atoms with Crippen molar-refractivity contribution in [1.29, 1.82) is 0 Å². The SMILES string of the molecule is C=CCN(CCCC)C(=O)C1N([C@H](C)CO)C(=O)[C@@H]2[C@@H](C(=O)OCC)[C@H]3CCC12O3. The molecule has 0 aromatic carbocycles. The summed E-state index contributed by atoms with van der Waals surface area (Å²) in [6, 6.07) is -1.42. The first-order valence-electron chi connectivity index (χ1n) is 11.0. The lowest BCUT2D eigenvalue weighted by atomic mass is 9.70. The van der Waals surface area contributed by atoms with E-state index in [0.29, 0.717) is 25.9 Å². The van der Waals surface area contributed by atoms with Crippen LogP contribution in [-0.2, 0) is 23.9 Å². The van der Waals surface area contributed by atoms with Crippen molar-refractivity contribution < 1.29 is 29.0 Å². The lowest BCUT2D eigenvalue weighted by Crippen LogP contribution is -2.58. The molecule has 6 atom stereocenters. The molecule has 168 valence electrons. The second-order valence-electron chi connectivity index (χ2n) is 8.51. The first kappa shape index (κ1) is 22.7. The molecule has 1 spiro atoms. The molecule has 0 radical (unpaired) electrons. The van der Waals surface area contributed by atoms with Crippen molar-refractivity contribution in [3.63, 3.8) is 0 Å². The molecule has 2 bridgehead atoms. The Balaban J connectivity index is 2.02. The van der Waals surface area contributed by atoms with Crippen LogP contribution in [0.4, 0.5) is 0 Å². The van der Waals surface area contributed by atoms with Gasteiger partial charge in [-0.2, -0.15) is 0 Å². The number of aliphatic hydroxyl groups is 1. The van der Waals surface area contributed by atoms with E-state index in [1.165, 1.54) is 4.90 Å². The number of amides is 2. The average Bonchev–Trinajstić information content (AvgIpc) is 3.37. The molecule has 0 saturated carbocycles. The Labute approximate surface area is 178 Å². The molecular formula is C22H34N2O6. The van der Waals surface area contributed by atoms with Crippen LogP contribution in [0, 0.1) is 11.8 Å². The molecule has 3 heterocycles. The fraction of sp³-hybridized carbons (Fsp3) is 0.773. The largest absolute Gasteiger partial charge is 0.466 e. The third kappa shape index (κ3) is 3.43. The first-order chi connectivity index (χ1) is 14.4. The Kier molecular flexibility index (Phi) is 6.87. The first-order valence-corrected chi connectivity index (χ1v) is 11.0. The van der Waals surface area contributed by atoms with Crippen molar-refractivity contribution in [2.24, 2.45) is 11.8 Å². The summed E-state index contributed by atoms with van der Waals surface area (Å²) >= 11 is 0. The van der Waals surface area contributed by atoms with E-state index in [1.54, 1.807) is 24.8 Å². The maximum absolute atomic E-state index is 13.8. The van der Waals surface area contributed by atoms with Crippen LogP contribution >= 0.6 is 0 Å². The molecular weight excluding hydrogens is 388 g/mol. The van der Waals surface area contributed by atoms with E-state index < -0.39 is 41.6 Å². The molecule has 8 heteroatoms. The van der Waals surface area contributed by atoms with E-state index in [1.807, 2.05) is 0 Å². The van der Waals surface area contributed by atoms with E-state index >= 15 is 0 Å². The predicted molar refractivity (Wildman–Crippen MR) is 109 cm³/mol. The van der Waals surface area contributed by atoms with Crippen LogP contribution in [0.2, 0.25) is 0 Å². The molecule has 3 rings (SSSR count). The minimum atomic E-state index is -1.05. The molecule has 3 fully saturated rings. The molecule has 2 amide bonds. The van der Waals surface area contributed by atoms with Crippen LogP contribution in [0.15, 0.2) is 12.7 Å². The summed E-state index contributed by atoms with van der Waals surface area (Å²) in [5.74, 6) is -2.41. The van der Waals surface area contributed by atoms with Crippen LogP contribution in [-0.4, -0.2) is 82.8 Å². The Morgan fingerprint density at radius 3 is 2.80 bits per heavy atom. The number of likely N-dealkylation sites (tertiary alicyclic amines) is 1. The molecule has 0 aromatic heterocycles. The fourth-order valence-corrected chi connectivity index (χ4v) is 5.41. The number of nitrogens with zero attached hydrogens (tertiary/aromatic N) is 2. The molecule has 0 aromatic rings. The standard InChI is InChI=1S/C22H34N2O6/c1-5-8-12-23(11-6-2)20(27)18-22-10-9-15(30-22)16(21(28)29-7-3)17(22)19(26)24(18)14(4)13-25/h6,14-18,25H,2,5,7-13H2,1,3-4H3/t14-,15-,16+,17+,18?,22?/m1/s1. The van der Waals surface area contributed by atoms with Crippen molar-refractivity contribution >= 4 is 17.8 Å². The Hall–Kier alpha value is -1.93. The molecule has 2 unspecified atom stereocenters. The highest BCUT2D eigenvalue weighted by molar-refractivity contribution is 5.98. The van der Waals surface area contributed by atoms with Crippen LogP contribution in [0.5, 0.6) is 0 Å². The summed E-state index contributed by atoms with van der Waals surface area (Å²) in [5.41, 5.74) is -1.05. The van der Waals surface area contributed by atoms with Gasteiger partial charge in [0, 0.05) is 13.1 Å². The number of carbonyl (C=O) groups excluding carboxylic acids is 3. The number of hydrogen-bond acceptors (Lipinski definition) is 6. The predicted octanol–water partition coefficient (Wildman–Crippen LogP) is 1.12. The zero-order valence-corrected chi connectivity index (χ0v) is 18.2. The summed E-state index contributed by atoms with van der Waals surface area (Å²) in [5, 5.41) is 9.82. The summed E-state index contributed by atoms with van der Waals surface area (Å²) < 4.78 is 11.5. The van der Waals surface area contributed by atoms with Gasteiger partial charge in [0.2, 0.25) is 11.8 Å². The normalized spacial score (nSPS) is 32.8. The molecule has 8 nitrogen and oxygen atoms in total. The van der Waals surface area contributed by atoms with E-state index in [4.69, 9.17) is 9.47 Å². The van der Waals surface area contributed by atoms with Gasteiger partial charge in [-0.3, -0.25) is 14.4 Å². The minimum absolute atomic E-state index is 0.204. The molecule has 1 N–H and O–H groups in total. The highest BCUT2D eigenvalue weighted by Gasteiger charge is 2.75. The zero-order valence-electron chi connectivity index (χ0n) is 18.2. The van der Waals surface area contributed by atoms with Crippen LogP contribution in [0.25, 0.3) is 0 Å². The number of aliphatic hydroxyl groups excluding tert-OH is 1. The Morgan fingerprint density at radius 1 is 1.47 bits per heavy atom. The van der Waals surface area contributed by atoms with Crippen molar-refractivity contribution in [3.05, 3.63) is 12.7 Å². The van der Waals surface area contributed by atoms with Crippen molar-refractivity contribution in [1.82, 2.24) is 9.80 Å². The maximum Gasteiger partial charge on any atom is 0.312 e. The highest BCUT2D eigenvalue weighted by atomic mass is 16.6. The molecule has 3 saturated heterocycles. The van der Waals surface area contributed by atoms with Crippen molar-refractivity contribution in [3.8, 4) is 0 Å². The van der Waals surface area contributed by atoms with Crippen molar-refractivity contribution in [2.75, 3.05) is 26.3 Å². The van der Waals surface area contributed by atoms with Gasteiger partial charge in [0.25, 0.3) is 0 Å². The van der Waals surface area contributed by atoms with Gasteiger partial charge in [-0.05, 0) is 33.1 Å². The zero-order chi connectivity index (χ0) is 22.1. The van der Waals surface area contributed by atoms with E-state index in [0.717, 1.165) is 12.8 Å². The number of fused-ring (bicyclic) bond motifs is 1. The molecule has 3 aliphatic rings. The Bertz CT molecular complexity index is 697. The quantitative estimate of drug-likeness (QED) is 0.419. The summed E-state index contributed by atoms with van der Waals surface area (Å²) in [7, 11) is 0. The van der Waals surface area contributed by atoms with Gasteiger partial charge >= 0.3 is 5.97 Å². The molecule has 0 aliphatic carbocycles. The van der Waals surface area contributed by atoms with Gasteiger partial charge in [0.1, 0.15) is 11.6 Å². The highest BCUT2D eigenvalue weighted by Crippen LogP contribution is 2.59. The second kappa shape index (κ2) is 9.06. The monoisotopic (exact) mass is 422 g/mol. The van der Waals surface area contributed by atoms with Gasteiger partial charge in [0.05, 0.1) is 37.2 Å². The lowest BCUT2D eigenvalue weighted by Gasteiger charge is -2.38. The van der Waals surface area contributed by atoms with Crippen LogP contribution in [0.1, 0.15) is 46.5 Å². The van der Waals surface area contributed by atoms with Gasteiger partial charge in [-0.15, -0.1) is 6.58 Å². The third-order valence-corrected chi connectivity index (χ3v) is 6.71. The van der Waals surface area contributed by atoms with E-state index in [-0.39, 0.29) is 25.0 Å². The number of hydrogen-bond donors (Lipinski definition) is 1. The number of unbranched alkanes of at least 4 members (excludes halogenated alkanes) is 1. The maximum atomic E-state index is 13.8. The number of ether oxygens (including phenoxy) is 2. The summed E-state index contributed by atoms with van der Waals surface area (Å²) in [4.78, 5) is 43.1. The van der Waals surface area contributed by atoms with Crippen molar-refractivity contribution in [2.45, 2.75) is 70.2 Å². The minimum Gasteiger partial charge on any atom is -0.466 e. The topological polar surface area (TPSA) is 96.4 Å². The summed E-state index contributed by atoms with van der Waals surface area (Å²) in [6.45, 7) is 10.1. The van der Waals surface area contributed by atoms with Gasteiger partial charge in [-0.1, -0.05) is 19.4 Å². The summed E-state index contributed by atoms with van der Waals surface area (Å²) in [6.07, 6.45) is 4.16. The van der Waals surface area contributed by atoms with Crippen LogP contribution in [0.3, 0.4) is 0 Å². The third-order valence-electron chi connectivity index (χ3n) is 6.71. The number of carbonyl (C=O) groups is 3. The van der Waals surface area contributed by atoms with Crippen LogP contribution < -0.4 is 0 Å². The number of esters is 1. The Morgan fingerprint density at radius 2 is 2.20 bits per heavy atom. The van der Waals surface area contributed by atoms with E-state index in [2.05, 4.69) is 13.5 Å².